The second-order valence-corrected chi connectivity index (χ2v) is 5.55. The summed E-state index contributed by atoms with van der Waals surface area (Å²) in [5.41, 5.74) is 3.09. The van der Waals surface area contributed by atoms with Crippen LogP contribution < -0.4 is 4.74 Å². The lowest BCUT2D eigenvalue weighted by molar-refractivity contribution is 0.318. The lowest BCUT2D eigenvalue weighted by Crippen LogP contribution is -2.00. The average molecular weight is 305 g/mol. The van der Waals surface area contributed by atoms with Gasteiger partial charge in [0.2, 0.25) is 0 Å². The van der Waals surface area contributed by atoms with E-state index in [1.807, 2.05) is 42.7 Å². The Bertz CT molecular complexity index is 817. The highest BCUT2D eigenvalue weighted by Gasteiger charge is 2.16. The van der Waals surface area contributed by atoms with Crippen LogP contribution in [0, 0.1) is 11.3 Å². The van der Waals surface area contributed by atoms with Gasteiger partial charge in [0.1, 0.15) is 5.75 Å². The first kappa shape index (κ1) is 15.1. The highest BCUT2D eigenvalue weighted by molar-refractivity contribution is 5.85. The molecule has 0 aliphatic heterocycles. The van der Waals surface area contributed by atoms with Gasteiger partial charge in [-0.25, -0.2) is 0 Å². The number of fused-ring (bicyclic) bond motifs is 1. The second-order valence-electron chi connectivity index (χ2n) is 5.55. The van der Waals surface area contributed by atoms with Gasteiger partial charge >= 0.3 is 0 Å². The molecule has 0 amide bonds. The summed E-state index contributed by atoms with van der Waals surface area (Å²) in [6, 6.07) is 12.3. The van der Waals surface area contributed by atoms with Crippen LogP contribution in [0.3, 0.4) is 0 Å². The average Bonchev–Trinajstić information content (AvgIpc) is 3.02. The second kappa shape index (κ2) is 6.97. The molecule has 0 aliphatic carbocycles. The smallest absolute Gasteiger partial charge is 0.120 e. The fraction of sp³-hybridized carbons (Fsp3) is 0.263. The molecule has 23 heavy (non-hydrogen) atoms. The van der Waals surface area contributed by atoms with Gasteiger partial charge < -0.3 is 9.72 Å². The van der Waals surface area contributed by atoms with Crippen molar-refractivity contribution in [3.05, 3.63) is 60.0 Å². The number of H-pyrrole nitrogens is 1. The van der Waals surface area contributed by atoms with Crippen molar-refractivity contribution in [2.75, 3.05) is 6.61 Å². The van der Waals surface area contributed by atoms with Gasteiger partial charge in [-0.1, -0.05) is 13.0 Å². The molecule has 1 N–H and O–H groups in total. The predicted molar refractivity (Wildman–Crippen MR) is 90.4 cm³/mol. The van der Waals surface area contributed by atoms with Crippen LogP contribution in [-0.4, -0.2) is 16.6 Å². The van der Waals surface area contributed by atoms with E-state index in [0.717, 1.165) is 34.2 Å². The highest BCUT2D eigenvalue weighted by Crippen LogP contribution is 2.30. The minimum atomic E-state index is -0.214. The quantitative estimate of drug-likeness (QED) is 0.742. The standard InChI is InChI=1S/C19H19N3O/c1-2-8-23-16-5-6-19-17(10-16)18(13-22-19)15(11-20)9-14-4-3-7-21-12-14/h3-7,10,12-13,15,22H,2,8-9H2,1H3. The summed E-state index contributed by atoms with van der Waals surface area (Å²) in [6.45, 7) is 2.78. The van der Waals surface area contributed by atoms with Crippen molar-refractivity contribution in [2.45, 2.75) is 25.7 Å². The van der Waals surface area contributed by atoms with Gasteiger partial charge in [0.05, 0.1) is 18.6 Å². The van der Waals surface area contributed by atoms with Crippen LogP contribution in [-0.2, 0) is 6.42 Å². The van der Waals surface area contributed by atoms with E-state index in [4.69, 9.17) is 4.74 Å². The first-order chi connectivity index (χ1) is 11.3. The van der Waals surface area contributed by atoms with Gasteiger partial charge in [-0.3, -0.25) is 4.98 Å². The number of hydrogen-bond donors (Lipinski definition) is 1. The van der Waals surface area contributed by atoms with Crippen LogP contribution in [0.4, 0.5) is 0 Å². The van der Waals surface area contributed by atoms with Crippen LogP contribution >= 0.6 is 0 Å². The van der Waals surface area contributed by atoms with E-state index < -0.39 is 0 Å². The molecular weight excluding hydrogens is 286 g/mol. The summed E-state index contributed by atoms with van der Waals surface area (Å²) in [7, 11) is 0. The molecule has 0 saturated heterocycles. The van der Waals surface area contributed by atoms with Crippen molar-refractivity contribution in [3.63, 3.8) is 0 Å². The van der Waals surface area contributed by atoms with Crippen LogP contribution in [0.5, 0.6) is 5.75 Å². The molecule has 0 radical (unpaired) electrons. The number of aromatic amines is 1. The van der Waals surface area contributed by atoms with Crippen molar-refractivity contribution < 1.29 is 4.74 Å². The molecule has 2 aromatic heterocycles. The molecule has 4 heteroatoms. The SMILES string of the molecule is CCCOc1ccc2[nH]cc(C(C#N)Cc3cccnc3)c2c1. The summed E-state index contributed by atoms with van der Waals surface area (Å²) >= 11 is 0. The Kier molecular flexibility index (Phi) is 4.58. The third-order valence-corrected chi connectivity index (χ3v) is 3.85. The molecule has 0 saturated carbocycles. The molecule has 1 atom stereocenters. The number of ether oxygens (including phenoxy) is 1. The zero-order chi connectivity index (χ0) is 16.1. The number of nitriles is 1. The summed E-state index contributed by atoms with van der Waals surface area (Å²) in [5, 5.41) is 10.7. The molecule has 0 spiro atoms. The molecule has 0 fully saturated rings. The Morgan fingerprint density at radius 3 is 3.00 bits per heavy atom. The summed E-state index contributed by atoms with van der Waals surface area (Å²) in [4.78, 5) is 7.38. The van der Waals surface area contributed by atoms with E-state index >= 15 is 0 Å². The minimum Gasteiger partial charge on any atom is -0.494 e. The van der Waals surface area contributed by atoms with Crippen molar-refractivity contribution in [1.82, 2.24) is 9.97 Å². The zero-order valence-electron chi connectivity index (χ0n) is 13.1. The molecule has 2 heterocycles. The number of aromatic nitrogens is 2. The lowest BCUT2D eigenvalue weighted by Gasteiger charge is -2.09. The molecule has 1 aromatic carbocycles. The van der Waals surface area contributed by atoms with Crippen molar-refractivity contribution in [3.8, 4) is 11.8 Å². The highest BCUT2D eigenvalue weighted by atomic mass is 16.5. The Morgan fingerprint density at radius 2 is 2.26 bits per heavy atom. The molecule has 1 unspecified atom stereocenters. The topological polar surface area (TPSA) is 61.7 Å². The maximum Gasteiger partial charge on any atom is 0.120 e. The van der Waals surface area contributed by atoms with E-state index in [1.165, 1.54) is 0 Å². The normalized spacial score (nSPS) is 12.0. The number of rotatable bonds is 6. The summed E-state index contributed by atoms with van der Waals surface area (Å²) < 4.78 is 5.71. The summed E-state index contributed by atoms with van der Waals surface area (Å²) in [5.74, 6) is 0.632. The summed E-state index contributed by atoms with van der Waals surface area (Å²) in [6.07, 6.45) is 7.11. The fourth-order valence-corrected chi connectivity index (χ4v) is 2.70. The van der Waals surface area contributed by atoms with Gasteiger partial charge in [-0.05, 0) is 48.2 Å². The van der Waals surface area contributed by atoms with Crippen LogP contribution in [0.15, 0.2) is 48.9 Å². The number of pyridine rings is 1. The van der Waals surface area contributed by atoms with Crippen molar-refractivity contribution in [1.29, 1.82) is 5.26 Å². The van der Waals surface area contributed by atoms with E-state index in [1.54, 1.807) is 6.20 Å². The number of benzene rings is 1. The first-order valence-electron chi connectivity index (χ1n) is 7.84. The van der Waals surface area contributed by atoms with Crippen LogP contribution in [0.2, 0.25) is 0 Å². The number of nitrogens with zero attached hydrogens (tertiary/aromatic N) is 2. The molecule has 3 rings (SSSR count). The maximum absolute atomic E-state index is 9.61. The monoisotopic (exact) mass is 305 g/mol. The van der Waals surface area contributed by atoms with Crippen LogP contribution in [0.1, 0.15) is 30.4 Å². The molecule has 0 bridgehead atoms. The zero-order valence-corrected chi connectivity index (χ0v) is 13.1. The lowest BCUT2D eigenvalue weighted by atomic mass is 9.93. The molecule has 4 nitrogen and oxygen atoms in total. The third kappa shape index (κ3) is 3.35. The molecular formula is C19H19N3O. The predicted octanol–water partition coefficient (Wildman–Crippen LogP) is 4.20. The molecule has 0 aliphatic rings. The van der Waals surface area contributed by atoms with Gasteiger partial charge in [0.25, 0.3) is 0 Å². The van der Waals surface area contributed by atoms with Gasteiger partial charge in [0, 0.05) is 29.5 Å². The third-order valence-electron chi connectivity index (χ3n) is 3.85. The fourth-order valence-electron chi connectivity index (χ4n) is 2.70. The maximum atomic E-state index is 9.61. The molecule has 3 aromatic rings. The van der Waals surface area contributed by atoms with Gasteiger partial charge in [-0.15, -0.1) is 0 Å². The minimum absolute atomic E-state index is 0.214. The Balaban J connectivity index is 1.92. The number of hydrogen-bond acceptors (Lipinski definition) is 3. The first-order valence-corrected chi connectivity index (χ1v) is 7.84. The van der Waals surface area contributed by atoms with E-state index in [9.17, 15) is 5.26 Å². The Labute approximate surface area is 135 Å². The van der Waals surface area contributed by atoms with Crippen molar-refractivity contribution >= 4 is 10.9 Å². The van der Waals surface area contributed by atoms with E-state index in [-0.39, 0.29) is 5.92 Å². The Morgan fingerprint density at radius 1 is 1.35 bits per heavy atom. The van der Waals surface area contributed by atoms with E-state index in [0.29, 0.717) is 13.0 Å². The van der Waals surface area contributed by atoms with Crippen molar-refractivity contribution in [2.24, 2.45) is 0 Å². The Hall–Kier alpha value is -2.80. The van der Waals surface area contributed by atoms with Crippen LogP contribution in [0.25, 0.3) is 10.9 Å². The molecule has 116 valence electrons. The van der Waals surface area contributed by atoms with Gasteiger partial charge in [0.15, 0.2) is 0 Å². The largest absolute Gasteiger partial charge is 0.494 e. The number of nitrogens with one attached hydrogen (secondary N) is 1. The van der Waals surface area contributed by atoms with Gasteiger partial charge in [-0.2, -0.15) is 5.26 Å². The van der Waals surface area contributed by atoms with E-state index in [2.05, 4.69) is 23.0 Å².